The average molecular weight is 162 g/mol. The molecule has 0 aliphatic heterocycles. The van der Waals surface area contributed by atoms with E-state index in [1.165, 1.54) is 0 Å². The normalized spacial score (nSPS) is 12.4. The van der Waals surface area contributed by atoms with Gasteiger partial charge in [-0.1, -0.05) is 0 Å². The topological polar surface area (TPSA) is 63.3 Å². The molecule has 3 N–H and O–H groups in total. The summed E-state index contributed by atoms with van der Waals surface area (Å²) in [4.78, 5) is 9.54. The number of hydrogen-bond acceptors (Lipinski definition) is 2. The van der Waals surface area contributed by atoms with Crippen LogP contribution < -0.4 is 5.73 Å². The van der Waals surface area contributed by atoms with Crippen LogP contribution in [0.25, 0.3) is 0 Å². The third-order valence-corrected chi connectivity index (χ3v) is 0.557. The minimum Gasteiger partial charge on any atom is -0.480 e. The summed E-state index contributed by atoms with van der Waals surface area (Å²) in [6.45, 7) is 0. The molecule has 0 aromatic heterocycles. The molecule has 0 aromatic carbocycles. The van der Waals surface area contributed by atoms with Crippen LogP contribution in [0.2, 0.25) is 0 Å². The van der Waals surface area contributed by atoms with Crippen molar-refractivity contribution in [3.63, 3.8) is 0 Å². The number of carboxylic acids is 1. The van der Waals surface area contributed by atoms with Gasteiger partial charge in [0.1, 0.15) is 0 Å². The minimum absolute atomic E-state index is 0. The Labute approximate surface area is 56.2 Å². The van der Waals surface area contributed by atoms with E-state index in [4.69, 9.17) is 5.11 Å². The maximum atomic E-state index is 11.2. The lowest BCUT2D eigenvalue weighted by atomic mass is 10.3. The fourth-order valence-electron chi connectivity index (χ4n) is 0.108. The van der Waals surface area contributed by atoms with Crippen LogP contribution in [0.5, 0.6) is 0 Å². The molecular formula is C3H6ClF2NO2. The number of nitrogens with two attached hydrogens (primary N) is 1. The van der Waals surface area contributed by atoms with Gasteiger partial charge in [0.25, 0.3) is 6.43 Å². The van der Waals surface area contributed by atoms with Gasteiger partial charge in [-0.25, -0.2) is 8.78 Å². The highest BCUT2D eigenvalue weighted by molar-refractivity contribution is 5.85. The van der Waals surface area contributed by atoms with Crippen LogP contribution in [0.4, 0.5) is 8.78 Å². The molecule has 0 bridgehead atoms. The van der Waals surface area contributed by atoms with Gasteiger partial charge >= 0.3 is 5.97 Å². The van der Waals surface area contributed by atoms with E-state index in [2.05, 4.69) is 5.73 Å². The Morgan fingerprint density at radius 2 is 1.89 bits per heavy atom. The van der Waals surface area contributed by atoms with Crippen molar-refractivity contribution < 1.29 is 18.7 Å². The van der Waals surface area contributed by atoms with Gasteiger partial charge in [0, 0.05) is 0 Å². The molecule has 9 heavy (non-hydrogen) atoms. The van der Waals surface area contributed by atoms with Gasteiger partial charge in [-0.15, -0.1) is 12.4 Å². The third-order valence-electron chi connectivity index (χ3n) is 0.557. The molecule has 3 nitrogen and oxygen atoms in total. The zero-order chi connectivity index (χ0) is 6.73. The molecule has 0 saturated heterocycles. The molecule has 0 unspecified atom stereocenters. The number of hydrogen-bond donors (Lipinski definition) is 2. The van der Waals surface area contributed by atoms with Crippen molar-refractivity contribution in [3.8, 4) is 0 Å². The second-order valence-corrected chi connectivity index (χ2v) is 1.20. The second-order valence-electron chi connectivity index (χ2n) is 1.20. The first-order chi connectivity index (χ1) is 3.55. The first kappa shape index (κ1) is 11.4. The van der Waals surface area contributed by atoms with Crippen LogP contribution in [0, 0.1) is 0 Å². The lowest BCUT2D eigenvalue weighted by molar-refractivity contribution is -0.142. The van der Waals surface area contributed by atoms with Crippen LogP contribution in [-0.4, -0.2) is 23.5 Å². The van der Waals surface area contributed by atoms with E-state index in [-0.39, 0.29) is 12.4 Å². The summed E-state index contributed by atoms with van der Waals surface area (Å²) in [5, 5.41) is 7.75. The average Bonchev–Trinajstić information content (AvgIpc) is 1.64. The first-order valence-electron chi connectivity index (χ1n) is 1.82. The Morgan fingerprint density at radius 3 is 1.89 bits per heavy atom. The number of rotatable bonds is 2. The quantitative estimate of drug-likeness (QED) is 0.603. The maximum Gasteiger partial charge on any atom is 0.326 e. The molecule has 0 saturated carbocycles. The van der Waals surface area contributed by atoms with Crippen LogP contribution in [0.1, 0.15) is 0 Å². The smallest absolute Gasteiger partial charge is 0.326 e. The largest absolute Gasteiger partial charge is 0.480 e. The Hall–Kier alpha value is -0.420. The third kappa shape index (κ3) is 4.11. The van der Waals surface area contributed by atoms with Crippen molar-refractivity contribution in [2.75, 3.05) is 0 Å². The number of aliphatic carboxylic acids is 1. The van der Waals surface area contributed by atoms with E-state index in [0.717, 1.165) is 0 Å². The van der Waals surface area contributed by atoms with Gasteiger partial charge < -0.3 is 10.8 Å². The van der Waals surface area contributed by atoms with Crippen molar-refractivity contribution in [1.29, 1.82) is 0 Å². The van der Waals surface area contributed by atoms with Gasteiger partial charge in [0.05, 0.1) is 0 Å². The van der Waals surface area contributed by atoms with E-state index in [9.17, 15) is 13.6 Å². The van der Waals surface area contributed by atoms with E-state index in [1.54, 1.807) is 0 Å². The fraction of sp³-hybridized carbons (Fsp3) is 0.667. The molecule has 0 heterocycles. The zero-order valence-electron chi connectivity index (χ0n) is 4.25. The van der Waals surface area contributed by atoms with Gasteiger partial charge in [-0.2, -0.15) is 0 Å². The predicted octanol–water partition coefficient (Wildman–Crippen LogP) is 0.0852. The summed E-state index contributed by atoms with van der Waals surface area (Å²) in [6.07, 6.45) is -2.98. The minimum atomic E-state index is -2.98. The molecule has 6 heteroatoms. The highest BCUT2D eigenvalue weighted by Crippen LogP contribution is 1.96. The highest BCUT2D eigenvalue weighted by Gasteiger charge is 2.22. The molecule has 1 atom stereocenters. The summed E-state index contributed by atoms with van der Waals surface area (Å²) in [6, 6.07) is -2.05. The molecule has 0 rings (SSSR count). The van der Waals surface area contributed by atoms with Crippen molar-refractivity contribution in [3.05, 3.63) is 0 Å². The molecule has 0 aromatic rings. The molecule has 0 spiro atoms. The molecule has 56 valence electrons. The molecular weight excluding hydrogens is 155 g/mol. The van der Waals surface area contributed by atoms with Crippen LogP contribution in [0.15, 0.2) is 0 Å². The predicted molar refractivity (Wildman–Crippen MR) is 28.9 cm³/mol. The molecule has 0 radical (unpaired) electrons. The fourth-order valence-corrected chi connectivity index (χ4v) is 0.108. The van der Waals surface area contributed by atoms with E-state index >= 15 is 0 Å². The van der Waals surface area contributed by atoms with Crippen molar-refractivity contribution in [1.82, 2.24) is 0 Å². The number of carbonyl (C=O) groups is 1. The van der Waals surface area contributed by atoms with Gasteiger partial charge in [-0.05, 0) is 0 Å². The number of halogens is 3. The Balaban J connectivity index is 0. The van der Waals surface area contributed by atoms with E-state index in [0.29, 0.717) is 0 Å². The Bertz CT molecular complexity index is 99.8. The number of alkyl halides is 2. The second kappa shape index (κ2) is 4.46. The summed E-state index contributed by atoms with van der Waals surface area (Å²) >= 11 is 0. The standard InChI is InChI=1S/C3H5F2NO2.ClH/c4-2(5)1(6)3(7)8;/h1-2H,6H2,(H,7,8);1H/t1-;/m1./s1. The van der Waals surface area contributed by atoms with Crippen molar-refractivity contribution in [2.24, 2.45) is 5.73 Å². The summed E-state index contributed by atoms with van der Waals surface area (Å²) in [5.41, 5.74) is 4.41. The van der Waals surface area contributed by atoms with Crippen LogP contribution in [-0.2, 0) is 4.79 Å². The zero-order valence-corrected chi connectivity index (χ0v) is 5.07. The van der Waals surface area contributed by atoms with Gasteiger partial charge in [-0.3, -0.25) is 4.79 Å². The Morgan fingerprint density at radius 1 is 1.56 bits per heavy atom. The molecule has 0 aliphatic carbocycles. The molecule has 0 amide bonds. The van der Waals surface area contributed by atoms with E-state index < -0.39 is 18.4 Å². The lowest BCUT2D eigenvalue weighted by Crippen LogP contribution is -2.36. The first-order valence-corrected chi connectivity index (χ1v) is 1.82. The lowest BCUT2D eigenvalue weighted by Gasteiger charge is -2.01. The van der Waals surface area contributed by atoms with Crippen molar-refractivity contribution >= 4 is 18.4 Å². The van der Waals surface area contributed by atoms with Crippen LogP contribution >= 0.6 is 12.4 Å². The summed E-state index contributed by atoms with van der Waals surface area (Å²) in [7, 11) is 0. The van der Waals surface area contributed by atoms with Gasteiger partial charge in [0.15, 0.2) is 6.04 Å². The number of carboxylic acid groups (broad SMARTS) is 1. The van der Waals surface area contributed by atoms with E-state index in [1.807, 2.05) is 0 Å². The van der Waals surface area contributed by atoms with Gasteiger partial charge in [0.2, 0.25) is 0 Å². The Kier molecular flexibility index (Phi) is 5.64. The summed E-state index contributed by atoms with van der Waals surface area (Å²) < 4.78 is 22.3. The SMILES string of the molecule is Cl.N[C@@H](C(=O)O)C(F)F. The van der Waals surface area contributed by atoms with Crippen molar-refractivity contribution in [2.45, 2.75) is 12.5 Å². The maximum absolute atomic E-state index is 11.2. The highest BCUT2D eigenvalue weighted by atomic mass is 35.5. The molecule has 0 fully saturated rings. The van der Waals surface area contributed by atoms with Crippen LogP contribution in [0.3, 0.4) is 0 Å². The molecule has 0 aliphatic rings. The monoisotopic (exact) mass is 161 g/mol. The summed E-state index contributed by atoms with van der Waals surface area (Å²) in [5.74, 6) is -1.68.